The summed E-state index contributed by atoms with van der Waals surface area (Å²) in [6, 6.07) is 8.83. The zero-order valence-electron chi connectivity index (χ0n) is 12.3. The highest BCUT2D eigenvalue weighted by Crippen LogP contribution is 2.21. The van der Waals surface area contributed by atoms with E-state index in [0.29, 0.717) is 6.04 Å². The Hall–Kier alpha value is -0.900. The molecule has 1 aromatic carbocycles. The third kappa shape index (κ3) is 3.78. The van der Waals surface area contributed by atoms with Crippen molar-refractivity contribution in [1.29, 1.82) is 0 Å². The lowest BCUT2D eigenvalue weighted by Crippen LogP contribution is -2.43. The highest BCUT2D eigenvalue weighted by atomic mass is 16.3. The zero-order valence-corrected chi connectivity index (χ0v) is 12.3. The molecule has 0 saturated carbocycles. The molecule has 0 aromatic heterocycles. The second kappa shape index (κ2) is 6.51. The van der Waals surface area contributed by atoms with E-state index in [-0.39, 0.29) is 6.10 Å². The van der Waals surface area contributed by atoms with Gasteiger partial charge in [-0.2, -0.15) is 0 Å². The molecule has 1 atom stereocenters. The maximum Gasteiger partial charge on any atom is 0.0919 e. The monoisotopic (exact) mass is 262 g/mol. The van der Waals surface area contributed by atoms with E-state index in [4.69, 9.17) is 0 Å². The van der Waals surface area contributed by atoms with E-state index in [1.54, 1.807) is 0 Å². The van der Waals surface area contributed by atoms with Crippen molar-refractivity contribution < 1.29 is 5.11 Å². The van der Waals surface area contributed by atoms with Crippen LogP contribution in [0.2, 0.25) is 0 Å². The van der Waals surface area contributed by atoms with Gasteiger partial charge < -0.3 is 14.9 Å². The summed E-state index contributed by atoms with van der Waals surface area (Å²) in [5.74, 6) is 0. The molecule has 2 rings (SSSR count). The molecule has 1 fully saturated rings. The van der Waals surface area contributed by atoms with Crippen LogP contribution >= 0.6 is 0 Å². The Balaban J connectivity index is 1.87. The minimum atomic E-state index is -0.364. The van der Waals surface area contributed by atoms with Gasteiger partial charge in [0.2, 0.25) is 0 Å². The molecule has 3 nitrogen and oxygen atoms in total. The molecule has 3 heteroatoms. The Bertz CT molecular complexity index is 397. The largest absolute Gasteiger partial charge is 0.387 e. The van der Waals surface area contributed by atoms with E-state index in [1.807, 2.05) is 18.2 Å². The van der Waals surface area contributed by atoms with E-state index in [2.05, 4.69) is 36.9 Å². The fourth-order valence-corrected chi connectivity index (χ4v) is 2.92. The third-order valence-electron chi connectivity index (χ3n) is 4.27. The highest BCUT2D eigenvalue weighted by molar-refractivity contribution is 5.27. The molecule has 1 heterocycles. The van der Waals surface area contributed by atoms with Crippen molar-refractivity contribution >= 4 is 0 Å². The van der Waals surface area contributed by atoms with Gasteiger partial charge >= 0.3 is 0 Å². The molecule has 0 amide bonds. The van der Waals surface area contributed by atoms with Crippen molar-refractivity contribution in [3.63, 3.8) is 0 Å². The fourth-order valence-electron chi connectivity index (χ4n) is 2.92. The molecule has 106 valence electrons. The molecule has 1 N–H and O–H groups in total. The summed E-state index contributed by atoms with van der Waals surface area (Å²) in [7, 11) is 4.31. The smallest absolute Gasteiger partial charge is 0.0919 e. The molecule has 1 aliphatic rings. The lowest BCUT2D eigenvalue weighted by molar-refractivity contribution is 0.0795. The second-order valence-corrected chi connectivity index (χ2v) is 5.87. The minimum Gasteiger partial charge on any atom is -0.387 e. The molecule has 1 aromatic rings. The second-order valence-electron chi connectivity index (χ2n) is 5.87. The molecule has 19 heavy (non-hydrogen) atoms. The number of nitrogens with zero attached hydrogens (tertiary/aromatic N) is 2. The lowest BCUT2D eigenvalue weighted by Gasteiger charge is -2.36. The first-order valence-corrected chi connectivity index (χ1v) is 7.20. The number of piperidine rings is 1. The van der Waals surface area contributed by atoms with Gasteiger partial charge in [-0.05, 0) is 58.1 Å². The van der Waals surface area contributed by atoms with Crippen LogP contribution < -0.4 is 0 Å². The third-order valence-corrected chi connectivity index (χ3v) is 4.27. The Kier molecular flexibility index (Phi) is 4.97. The van der Waals surface area contributed by atoms with Crippen LogP contribution in [-0.2, 0) is 0 Å². The number of β-amino-alcohol motifs (C(OH)–C–C–N with tert-alkyl or cyclic N) is 1. The number of aliphatic hydroxyl groups excluding tert-OH is 1. The first-order chi connectivity index (χ1) is 9.08. The first kappa shape index (κ1) is 14.5. The van der Waals surface area contributed by atoms with Gasteiger partial charge in [-0.25, -0.2) is 0 Å². The fraction of sp³-hybridized carbons (Fsp3) is 0.625. The number of benzene rings is 1. The summed E-state index contributed by atoms with van der Waals surface area (Å²) in [6.45, 7) is 5.00. The van der Waals surface area contributed by atoms with Crippen LogP contribution in [0.25, 0.3) is 0 Å². The Morgan fingerprint density at radius 2 is 1.89 bits per heavy atom. The Morgan fingerprint density at radius 3 is 2.47 bits per heavy atom. The van der Waals surface area contributed by atoms with E-state index in [1.165, 1.54) is 18.4 Å². The predicted octanol–water partition coefficient (Wildman–Crippen LogP) is 2.05. The summed E-state index contributed by atoms with van der Waals surface area (Å²) < 4.78 is 0. The van der Waals surface area contributed by atoms with Crippen molar-refractivity contribution in [1.82, 2.24) is 9.80 Å². The van der Waals surface area contributed by atoms with Gasteiger partial charge in [0, 0.05) is 12.6 Å². The molecule has 0 aliphatic carbocycles. The van der Waals surface area contributed by atoms with E-state index >= 15 is 0 Å². The van der Waals surface area contributed by atoms with Gasteiger partial charge in [-0.15, -0.1) is 0 Å². The highest BCUT2D eigenvalue weighted by Gasteiger charge is 2.22. The number of rotatable bonds is 4. The maximum atomic E-state index is 10.4. The predicted molar refractivity (Wildman–Crippen MR) is 79.3 cm³/mol. The van der Waals surface area contributed by atoms with Crippen molar-refractivity contribution in [2.75, 3.05) is 33.7 Å². The summed E-state index contributed by atoms with van der Waals surface area (Å²) in [6.07, 6.45) is 2.04. The maximum absolute atomic E-state index is 10.4. The van der Waals surface area contributed by atoms with Crippen LogP contribution in [0, 0.1) is 6.92 Å². The first-order valence-electron chi connectivity index (χ1n) is 7.20. The van der Waals surface area contributed by atoms with Crippen molar-refractivity contribution in [2.45, 2.75) is 31.9 Å². The van der Waals surface area contributed by atoms with Crippen LogP contribution in [-0.4, -0.2) is 54.7 Å². The molecule has 0 bridgehead atoms. The summed E-state index contributed by atoms with van der Waals surface area (Å²) in [5.41, 5.74) is 2.25. The lowest BCUT2D eigenvalue weighted by atomic mass is 10.0. The van der Waals surface area contributed by atoms with Crippen molar-refractivity contribution in [2.24, 2.45) is 0 Å². The van der Waals surface area contributed by atoms with Crippen LogP contribution in [0.4, 0.5) is 0 Å². The average molecular weight is 262 g/mol. The normalized spacial score (nSPS) is 19.8. The van der Waals surface area contributed by atoms with Gasteiger partial charge in [0.05, 0.1) is 6.10 Å². The van der Waals surface area contributed by atoms with E-state index in [9.17, 15) is 5.11 Å². The molecule has 0 radical (unpaired) electrons. The average Bonchev–Trinajstić information content (AvgIpc) is 2.39. The van der Waals surface area contributed by atoms with Gasteiger partial charge in [0.25, 0.3) is 0 Å². The number of likely N-dealkylation sites (tertiary alicyclic amines) is 1. The van der Waals surface area contributed by atoms with Crippen LogP contribution in [0.1, 0.15) is 30.1 Å². The number of aryl methyl sites for hydroxylation is 1. The summed E-state index contributed by atoms with van der Waals surface area (Å²) in [5, 5.41) is 10.4. The standard InChI is InChI=1S/C16H26N2O/c1-13-6-4-5-7-15(13)16(19)12-18-10-8-14(9-11-18)17(2)3/h4-7,14,16,19H,8-12H2,1-3H3. The zero-order chi connectivity index (χ0) is 13.8. The van der Waals surface area contributed by atoms with E-state index < -0.39 is 0 Å². The number of hydrogen-bond donors (Lipinski definition) is 1. The quantitative estimate of drug-likeness (QED) is 0.899. The summed E-state index contributed by atoms with van der Waals surface area (Å²) >= 11 is 0. The number of aliphatic hydroxyl groups is 1. The van der Waals surface area contributed by atoms with Gasteiger partial charge in [-0.1, -0.05) is 24.3 Å². The minimum absolute atomic E-state index is 0.364. The van der Waals surface area contributed by atoms with Crippen molar-refractivity contribution in [3.05, 3.63) is 35.4 Å². The molecular formula is C16H26N2O. The Morgan fingerprint density at radius 1 is 1.26 bits per heavy atom. The van der Waals surface area contributed by atoms with Crippen LogP contribution in [0.5, 0.6) is 0 Å². The molecule has 1 aliphatic heterocycles. The molecule has 1 unspecified atom stereocenters. The SMILES string of the molecule is Cc1ccccc1C(O)CN1CCC(N(C)C)CC1. The van der Waals surface area contributed by atoms with Gasteiger partial charge in [0.15, 0.2) is 0 Å². The topological polar surface area (TPSA) is 26.7 Å². The number of hydrogen-bond acceptors (Lipinski definition) is 3. The van der Waals surface area contributed by atoms with Gasteiger partial charge in [0.1, 0.15) is 0 Å². The summed E-state index contributed by atoms with van der Waals surface area (Å²) in [4.78, 5) is 4.70. The molecular weight excluding hydrogens is 236 g/mol. The van der Waals surface area contributed by atoms with E-state index in [0.717, 1.165) is 25.2 Å². The van der Waals surface area contributed by atoms with Crippen LogP contribution in [0.15, 0.2) is 24.3 Å². The molecule has 1 saturated heterocycles. The molecule has 0 spiro atoms. The van der Waals surface area contributed by atoms with Gasteiger partial charge in [-0.3, -0.25) is 0 Å². The van der Waals surface area contributed by atoms with Crippen LogP contribution in [0.3, 0.4) is 0 Å². The van der Waals surface area contributed by atoms with Crippen molar-refractivity contribution in [3.8, 4) is 0 Å². The Labute approximate surface area is 116 Å².